The van der Waals surface area contributed by atoms with Gasteiger partial charge in [-0.3, -0.25) is 19.9 Å². The highest BCUT2D eigenvalue weighted by Gasteiger charge is 2.53. The Morgan fingerprint density at radius 3 is 2.88 bits per heavy atom. The number of hydrogen-bond acceptors (Lipinski definition) is 5. The molecule has 2 aromatic rings. The minimum atomic E-state index is -0.837. The van der Waals surface area contributed by atoms with E-state index in [0.29, 0.717) is 5.69 Å². The van der Waals surface area contributed by atoms with E-state index in [1.165, 1.54) is 12.1 Å². The van der Waals surface area contributed by atoms with Gasteiger partial charge in [0.05, 0.1) is 5.69 Å². The molecule has 124 valence electrons. The van der Waals surface area contributed by atoms with Crippen LogP contribution in [-0.4, -0.2) is 21.9 Å². The Hall–Kier alpha value is -3.03. The number of nitrogens with one attached hydrogen (secondary N) is 1. The highest BCUT2D eigenvalue weighted by Crippen LogP contribution is 2.34. The molecule has 3 rings (SSSR count). The van der Waals surface area contributed by atoms with Crippen LogP contribution in [0.3, 0.4) is 0 Å². The molecule has 0 aliphatic heterocycles. The molecule has 1 aliphatic carbocycles. The number of nitro groups is 1. The molecular weight excluding hydrogens is 317 g/mol. The zero-order valence-corrected chi connectivity index (χ0v) is 12.5. The Labute approximate surface area is 136 Å². The molecule has 1 aromatic heterocycles. The zero-order valence-electron chi connectivity index (χ0n) is 12.5. The van der Waals surface area contributed by atoms with Crippen molar-refractivity contribution < 1.29 is 18.8 Å². The molecule has 1 saturated carbocycles. The second-order valence-electron chi connectivity index (χ2n) is 5.44. The van der Waals surface area contributed by atoms with Gasteiger partial charge in [-0.25, -0.2) is 4.39 Å². The summed E-state index contributed by atoms with van der Waals surface area (Å²) >= 11 is 0. The van der Waals surface area contributed by atoms with Gasteiger partial charge in [0.1, 0.15) is 12.5 Å². The number of aromatic nitrogens is 1. The van der Waals surface area contributed by atoms with Gasteiger partial charge in [0, 0.05) is 29.3 Å². The lowest BCUT2D eigenvalue weighted by Crippen LogP contribution is -2.18. The molecule has 1 N–H and O–H groups in total. The summed E-state index contributed by atoms with van der Waals surface area (Å²) in [4.78, 5) is 26.0. The smallest absolute Gasteiger partial charge is 0.234 e. The maximum atomic E-state index is 14.0. The van der Waals surface area contributed by atoms with E-state index in [0.717, 1.165) is 6.07 Å². The molecule has 0 radical (unpaired) electrons. The lowest BCUT2D eigenvalue weighted by atomic mass is 10.2. The summed E-state index contributed by atoms with van der Waals surface area (Å²) in [6.07, 6.45) is 1.83. The minimum absolute atomic E-state index is 0.0354. The topological polar surface area (TPSA) is 94.4 Å². The number of amides is 1. The molecule has 24 heavy (non-hydrogen) atoms. The minimum Gasteiger partial charge on any atom is -0.484 e. The number of carbonyl (C=O) groups is 1. The van der Waals surface area contributed by atoms with Crippen molar-refractivity contribution in [2.45, 2.75) is 19.1 Å². The summed E-state index contributed by atoms with van der Waals surface area (Å²) in [7, 11) is 0. The van der Waals surface area contributed by atoms with Gasteiger partial charge in [0.25, 0.3) is 0 Å². The molecule has 0 spiro atoms. The number of ether oxygens (including phenoxy) is 1. The van der Waals surface area contributed by atoms with Crippen LogP contribution in [0.5, 0.6) is 5.75 Å². The molecule has 1 aliphatic rings. The Balaban J connectivity index is 1.58. The second kappa shape index (κ2) is 6.61. The molecule has 1 aromatic carbocycles. The second-order valence-corrected chi connectivity index (χ2v) is 5.44. The fourth-order valence-corrected chi connectivity index (χ4v) is 2.26. The third-order valence-electron chi connectivity index (χ3n) is 3.67. The van der Waals surface area contributed by atoms with Crippen molar-refractivity contribution in [1.82, 2.24) is 4.98 Å². The van der Waals surface area contributed by atoms with Crippen molar-refractivity contribution in [2.75, 3.05) is 5.32 Å². The number of nitrogens with zero attached hydrogens (tertiary/aromatic N) is 2. The van der Waals surface area contributed by atoms with Crippen LogP contribution in [0.4, 0.5) is 10.1 Å². The number of pyridine rings is 1. The number of rotatable bonds is 6. The maximum absolute atomic E-state index is 14.0. The van der Waals surface area contributed by atoms with E-state index in [-0.39, 0.29) is 24.5 Å². The van der Waals surface area contributed by atoms with Crippen LogP contribution < -0.4 is 10.1 Å². The van der Waals surface area contributed by atoms with Gasteiger partial charge in [-0.2, -0.15) is 0 Å². The van der Waals surface area contributed by atoms with Gasteiger partial charge >= 0.3 is 0 Å². The molecular formula is C16H14FN3O4. The van der Waals surface area contributed by atoms with Crippen molar-refractivity contribution >= 4 is 11.6 Å². The Morgan fingerprint density at radius 2 is 2.25 bits per heavy atom. The van der Waals surface area contributed by atoms with Crippen molar-refractivity contribution in [1.29, 1.82) is 0 Å². The monoisotopic (exact) mass is 331 g/mol. The van der Waals surface area contributed by atoms with Crippen LogP contribution in [-0.2, 0) is 11.4 Å². The van der Waals surface area contributed by atoms with Crippen LogP contribution in [0.25, 0.3) is 0 Å². The summed E-state index contributed by atoms with van der Waals surface area (Å²) in [5.41, 5.74) is 0.894. The lowest BCUT2D eigenvalue weighted by molar-refractivity contribution is -0.497. The van der Waals surface area contributed by atoms with E-state index >= 15 is 0 Å². The van der Waals surface area contributed by atoms with Crippen molar-refractivity contribution in [3.8, 4) is 5.75 Å². The number of carbonyl (C=O) groups excluding carboxylic acids is 1. The van der Waals surface area contributed by atoms with Gasteiger partial charge in [0.2, 0.25) is 11.9 Å². The number of benzene rings is 1. The fraction of sp³-hybridized carbons (Fsp3) is 0.250. The Kier molecular flexibility index (Phi) is 4.37. The first kappa shape index (κ1) is 15.9. The highest BCUT2D eigenvalue weighted by atomic mass is 19.1. The van der Waals surface area contributed by atoms with Crippen molar-refractivity contribution in [3.63, 3.8) is 0 Å². The van der Waals surface area contributed by atoms with Gasteiger partial charge < -0.3 is 10.1 Å². The van der Waals surface area contributed by atoms with Gasteiger partial charge in [0.15, 0.2) is 11.6 Å². The van der Waals surface area contributed by atoms with Crippen molar-refractivity contribution in [2.24, 2.45) is 5.92 Å². The molecule has 1 fully saturated rings. The normalized spacial score (nSPS) is 18.7. The van der Waals surface area contributed by atoms with E-state index in [1.54, 1.807) is 24.4 Å². The molecule has 8 heteroatoms. The fourth-order valence-electron chi connectivity index (χ4n) is 2.26. The van der Waals surface area contributed by atoms with E-state index in [9.17, 15) is 19.3 Å². The predicted molar refractivity (Wildman–Crippen MR) is 82.5 cm³/mol. The van der Waals surface area contributed by atoms with Gasteiger partial charge in [-0.15, -0.1) is 0 Å². The van der Waals surface area contributed by atoms with Crippen LogP contribution in [0.2, 0.25) is 0 Å². The molecule has 0 saturated heterocycles. The molecule has 7 nitrogen and oxygen atoms in total. The SMILES string of the molecule is O=C(Nc1ccc(OCc2ccccn2)c(F)c1)[C@H]1C[C@@H]1[N+](=O)[O-]. The van der Waals surface area contributed by atoms with E-state index < -0.39 is 28.6 Å². The number of anilines is 1. The van der Waals surface area contributed by atoms with E-state index in [1.807, 2.05) is 0 Å². The zero-order chi connectivity index (χ0) is 17.1. The van der Waals surface area contributed by atoms with Gasteiger partial charge in [-0.05, 0) is 24.3 Å². The van der Waals surface area contributed by atoms with Crippen molar-refractivity contribution in [3.05, 3.63) is 64.2 Å². The summed E-state index contributed by atoms with van der Waals surface area (Å²) < 4.78 is 19.4. The summed E-state index contributed by atoms with van der Waals surface area (Å²) in [5.74, 6) is -1.72. The third kappa shape index (κ3) is 3.65. The number of hydrogen-bond donors (Lipinski definition) is 1. The van der Waals surface area contributed by atoms with Gasteiger partial charge in [-0.1, -0.05) is 6.07 Å². The van der Waals surface area contributed by atoms with E-state index in [4.69, 9.17) is 4.74 Å². The van der Waals surface area contributed by atoms with Crippen LogP contribution >= 0.6 is 0 Å². The van der Waals surface area contributed by atoms with Crippen LogP contribution in [0.1, 0.15) is 12.1 Å². The number of halogens is 1. The maximum Gasteiger partial charge on any atom is 0.234 e. The first-order valence-corrected chi connectivity index (χ1v) is 7.31. The first-order valence-electron chi connectivity index (χ1n) is 7.31. The summed E-state index contributed by atoms with van der Waals surface area (Å²) in [6, 6.07) is 8.49. The average molecular weight is 331 g/mol. The van der Waals surface area contributed by atoms with Crippen LogP contribution in [0, 0.1) is 21.8 Å². The Morgan fingerprint density at radius 1 is 1.42 bits per heavy atom. The highest BCUT2D eigenvalue weighted by molar-refractivity contribution is 5.94. The van der Waals surface area contributed by atoms with Crippen LogP contribution in [0.15, 0.2) is 42.6 Å². The largest absolute Gasteiger partial charge is 0.484 e. The Bertz CT molecular complexity index is 769. The first-order chi connectivity index (χ1) is 11.5. The molecule has 1 heterocycles. The molecule has 0 bridgehead atoms. The van der Waals surface area contributed by atoms with E-state index in [2.05, 4.69) is 10.3 Å². The predicted octanol–water partition coefficient (Wildman–Crippen LogP) is 2.40. The third-order valence-corrected chi connectivity index (χ3v) is 3.67. The lowest BCUT2D eigenvalue weighted by Gasteiger charge is -2.09. The quantitative estimate of drug-likeness (QED) is 0.648. The molecule has 2 atom stereocenters. The summed E-state index contributed by atoms with van der Waals surface area (Å²) in [5, 5.41) is 13.0. The molecule has 1 amide bonds. The standard InChI is InChI=1S/C16H14FN3O4/c17-13-7-10(19-16(21)12-8-14(12)20(22)23)4-5-15(13)24-9-11-3-1-2-6-18-11/h1-7,12,14H,8-9H2,(H,19,21)/t12-,14-/m0/s1. The summed E-state index contributed by atoms with van der Waals surface area (Å²) in [6.45, 7) is 0.121. The molecule has 0 unspecified atom stereocenters. The average Bonchev–Trinajstić information content (AvgIpc) is 3.36.